The fourth-order valence-corrected chi connectivity index (χ4v) is 8.35. The molecule has 8 rings (SSSR count). The minimum atomic E-state index is -1.27. The van der Waals surface area contributed by atoms with E-state index in [9.17, 15) is 0 Å². The SMILES string of the molecule is Cc1cc(-c2[c-]cccc2)ncc1[Si](C)(C)C.[Ir].[c-]1ccc2c(oc3cc(-c4ccccc4)ccc32)c1-c1nccc2c1CCCC2. The van der Waals surface area contributed by atoms with Crippen molar-refractivity contribution in [3.05, 3.63) is 138 Å². The first-order valence-electron chi connectivity index (χ1n) is 16.2. The predicted octanol–water partition coefficient (Wildman–Crippen LogP) is 10.4. The van der Waals surface area contributed by atoms with E-state index in [1.807, 2.05) is 36.5 Å². The maximum absolute atomic E-state index is 6.42. The molecule has 3 nitrogen and oxygen atoms in total. The van der Waals surface area contributed by atoms with E-state index in [-0.39, 0.29) is 20.1 Å². The van der Waals surface area contributed by atoms with Gasteiger partial charge in [0.15, 0.2) is 0 Å². The van der Waals surface area contributed by atoms with Gasteiger partial charge >= 0.3 is 0 Å². The van der Waals surface area contributed by atoms with Crippen LogP contribution in [0.4, 0.5) is 0 Å². The van der Waals surface area contributed by atoms with Gasteiger partial charge in [0.1, 0.15) is 5.58 Å². The average molecular weight is 807 g/mol. The van der Waals surface area contributed by atoms with E-state index in [0.29, 0.717) is 0 Å². The van der Waals surface area contributed by atoms with E-state index >= 15 is 0 Å². The Morgan fingerprint density at radius 2 is 1.55 bits per heavy atom. The number of hydrogen-bond donors (Lipinski definition) is 0. The summed E-state index contributed by atoms with van der Waals surface area (Å²) in [6.07, 6.45) is 8.70. The molecular formula is C42H38IrN2OSi-2. The van der Waals surface area contributed by atoms with Crippen molar-refractivity contribution in [3.63, 3.8) is 0 Å². The summed E-state index contributed by atoms with van der Waals surface area (Å²) in [5.74, 6) is 0. The smallest absolute Gasteiger partial charge is 0.121 e. The molecule has 0 atom stereocenters. The van der Waals surface area contributed by atoms with Crippen molar-refractivity contribution >= 4 is 35.2 Å². The number of furan rings is 1. The van der Waals surface area contributed by atoms with Crippen LogP contribution in [-0.2, 0) is 32.9 Å². The maximum atomic E-state index is 6.42. The van der Waals surface area contributed by atoms with Gasteiger partial charge in [-0.3, -0.25) is 0 Å². The molecule has 0 spiro atoms. The fraction of sp³-hybridized carbons (Fsp3) is 0.190. The van der Waals surface area contributed by atoms with Crippen LogP contribution in [0.5, 0.6) is 0 Å². The van der Waals surface area contributed by atoms with Gasteiger partial charge in [0.05, 0.1) is 13.7 Å². The van der Waals surface area contributed by atoms with Gasteiger partial charge in [0.2, 0.25) is 0 Å². The second kappa shape index (κ2) is 13.9. The van der Waals surface area contributed by atoms with Gasteiger partial charge in [-0.05, 0) is 72.4 Å². The van der Waals surface area contributed by atoms with Crippen LogP contribution in [0.2, 0.25) is 19.6 Å². The average Bonchev–Trinajstić information content (AvgIpc) is 3.47. The van der Waals surface area contributed by atoms with Crippen molar-refractivity contribution in [3.8, 4) is 33.6 Å². The van der Waals surface area contributed by atoms with E-state index in [4.69, 9.17) is 9.40 Å². The molecule has 0 N–H and O–H groups in total. The maximum Gasteiger partial charge on any atom is 0.121 e. The molecule has 0 fully saturated rings. The number of benzene rings is 4. The third kappa shape index (κ3) is 6.80. The van der Waals surface area contributed by atoms with Crippen molar-refractivity contribution in [2.75, 3.05) is 0 Å². The Morgan fingerprint density at radius 1 is 0.745 bits per heavy atom. The zero-order valence-electron chi connectivity index (χ0n) is 27.4. The molecule has 237 valence electrons. The zero-order valence-corrected chi connectivity index (χ0v) is 30.8. The van der Waals surface area contributed by atoms with Crippen molar-refractivity contribution in [1.29, 1.82) is 0 Å². The van der Waals surface area contributed by atoms with Crippen LogP contribution in [0, 0.1) is 19.1 Å². The molecule has 0 aliphatic heterocycles. The first kappa shape index (κ1) is 32.8. The minimum absolute atomic E-state index is 0. The number of rotatable bonds is 4. The van der Waals surface area contributed by atoms with Crippen LogP contribution in [0.1, 0.15) is 29.5 Å². The summed E-state index contributed by atoms with van der Waals surface area (Å²) < 4.78 is 6.42. The number of hydrogen-bond acceptors (Lipinski definition) is 3. The molecule has 1 aliphatic carbocycles. The topological polar surface area (TPSA) is 38.9 Å². The molecule has 0 amide bonds. The van der Waals surface area contributed by atoms with Crippen LogP contribution >= 0.6 is 0 Å². The molecule has 1 radical (unpaired) electrons. The van der Waals surface area contributed by atoms with Gasteiger partial charge in [0, 0.05) is 37.9 Å². The Kier molecular flexibility index (Phi) is 9.70. The van der Waals surface area contributed by atoms with Crippen molar-refractivity contribution < 1.29 is 24.5 Å². The van der Waals surface area contributed by atoms with E-state index in [0.717, 1.165) is 62.9 Å². The first-order valence-corrected chi connectivity index (χ1v) is 19.7. The summed E-state index contributed by atoms with van der Waals surface area (Å²) in [7, 11) is -1.27. The molecule has 0 bridgehead atoms. The summed E-state index contributed by atoms with van der Waals surface area (Å²) in [6.45, 7) is 9.24. The van der Waals surface area contributed by atoms with Crippen LogP contribution < -0.4 is 5.19 Å². The molecule has 3 heterocycles. The molecule has 1 aliphatic rings. The van der Waals surface area contributed by atoms with Gasteiger partial charge in [-0.15, -0.1) is 54.1 Å². The molecule has 7 aromatic rings. The monoisotopic (exact) mass is 807 g/mol. The van der Waals surface area contributed by atoms with Crippen molar-refractivity contribution in [2.24, 2.45) is 0 Å². The third-order valence-corrected chi connectivity index (χ3v) is 11.1. The Balaban J connectivity index is 0.000000185. The van der Waals surface area contributed by atoms with Gasteiger partial charge in [-0.2, -0.15) is 0 Å². The summed E-state index contributed by atoms with van der Waals surface area (Å²) in [5.41, 5.74) is 12.4. The molecule has 0 saturated carbocycles. The summed E-state index contributed by atoms with van der Waals surface area (Å²) >= 11 is 0. The Morgan fingerprint density at radius 3 is 2.32 bits per heavy atom. The Labute approximate surface area is 292 Å². The first-order chi connectivity index (χ1) is 22.4. The minimum Gasteiger partial charge on any atom is -0.501 e. The van der Waals surface area contributed by atoms with Crippen LogP contribution in [-0.4, -0.2) is 18.0 Å². The van der Waals surface area contributed by atoms with Gasteiger partial charge in [-0.25, -0.2) is 0 Å². The molecular weight excluding hydrogens is 769 g/mol. The van der Waals surface area contributed by atoms with Crippen LogP contribution in [0.25, 0.3) is 55.6 Å². The number of aromatic nitrogens is 2. The van der Waals surface area contributed by atoms with Gasteiger partial charge in [0.25, 0.3) is 0 Å². The third-order valence-electron chi connectivity index (χ3n) is 8.96. The molecule has 47 heavy (non-hydrogen) atoms. The normalized spacial score (nSPS) is 12.6. The number of aryl methyl sites for hydroxylation is 2. The van der Waals surface area contributed by atoms with E-state index < -0.39 is 8.07 Å². The summed E-state index contributed by atoms with van der Waals surface area (Å²) in [6, 6.07) is 40.0. The number of fused-ring (bicyclic) bond motifs is 4. The molecule has 4 aromatic carbocycles. The van der Waals surface area contributed by atoms with Crippen molar-refractivity contribution in [2.45, 2.75) is 52.2 Å². The Hall–Kier alpha value is -4.15. The van der Waals surface area contributed by atoms with E-state index in [2.05, 4.69) is 117 Å². The molecule has 5 heteroatoms. The van der Waals surface area contributed by atoms with Gasteiger partial charge in [-0.1, -0.05) is 95.8 Å². The van der Waals surface area contributed by atoms with E-state index in [1.165, 1.54) is 40.3 Å². The van der Waals surface area contributed by atoms with Gasteiger partial charge < -0.3 is 14.4 Å². The standard InChI is InChI=1S/C27H20NO.C15H18NSi.Ir/c1-2-7-18(8-3-1)20-13-14-22-23-11-6-12-24(27(23)29-25(22)17-20)26-21-10-5-4-9-19(21)15-16-28-26;1-12-10-14(13-8-6-5-7-9-13)16-11-15(12)17(2,3)4;/h1-3,6-8,11,13-17H,4-5,9-10H2;5-8,10-11H,1-4H3;/q2*-1;. The molecule has 0 saturated heterocycles. The quantitative estimate of drug-likeness (QED) is 0.131. The zero-order chi connectivity index (χ0) is 31.7. The predicted molar refractivity (Wildman–Crippen MR) is 194 cm³/mol. The summed E-state index contributed by atoms with van der Waals surface area (Å²) in [4.78, 5) is 9.34. The van der Waals surface area contributed by atoms with Crippen molar-refractivity contribution in [1.82, 2.24) is 9.97 Å². The molecule has 3 aromatic heterocycles. The molecule has 0 unspecified atom stereocenters. The second-order valence-corrected chi connectivity index (χ2v) is 18.2. The number of pyridine rings is 2. The largest absolute Gasteiger partial charge is 0.501 e. The van der Waals surface area contributed by atoms with Crippen LogP contribution in [0.3, 0.4) is 0 Å². The van der Waals surface area contributed by atoms with Crippen LogP contribution in [0.15, 0.2) is 114 Å². The number of nitrogens with zero attached hydrogens (tertiary/aromatic N) is 2. The second-order valence-electron chi connectivity index (χ2n) is 13.2. The van der Waals surface area contributed by atoms with E-state index in [1.54, 1.807) is 0 Å². The summed E-state index contributed by atoms with van der Waals surface area (Å²) in [5, 5.41) is 3.71. The Bertz CT molecular complexity index is 2150. The fourth-order valence-electron chi connectivity index (χ4n) is 6.65.